The predicted molar refractivity (Wildman–Crippen MR) is 190 cm³/mol. The van der Waals surface area contributed by atoms with Crippen LogP contribution in [0.25, 0.3) is 22.6 Å². The highest BCUT2D eigenvalue weighted by atomic mass is 32.2. The molecule has 0 aliphatic carbocycles. The number of nitrogens with one attached hydrogen (secondary N) is 1. The Kier molecular flexibility index (Phi) is 9.92. The van der Waals surface area contributed by atoms with Gasteiger partial charge in [0.25, 0.3) is 15.2 Å². The molecule has 0 amide bonds. The summed E-state index contributed by atoms with van der Waals surface area (Å²) in [5.41, 5.74) is 5.52. The average molecular weight is 691 g/mol. The van der Waals surface area contributed by atoms with Crippen LogP contribution in [0, 0.1) is 0 Å². The Balaban J connectivity index is 1.14. The lowest BCUT2D eigenvalue weighted by Gasteiger charge is -2.36. The number of ether oxygens (including phenoxy) is 2. The van der Waals surface area contributed by atoms with Crippen molar-refractivity contribution in [1.29, 1.82) is 0 Å². The zero-order valence-corrected chi connectivity index (χ0v) is 28.0. The van der Waals surface area contributed by atoms with Gasteiger partial charge in [0.1, 0.15) is 5.69 Å². The molecule has 1 fully saturated rings. The lowest BCUT2D eigenvalue weighted by Crippen LogP contribution is -2.31. The van der Waals surface area contributed by atoms with Gasteiger partial charge in [0.2, 0.25) is 0 Å². The summed E-state index contributed by atoms with van der Waals surface area (Å²) in [6, 6.07) is 42.9. The number of aromatic nitrogens is 1. The van der Waals surface area contributed by atoms with Crippen molar-refractivity contribution >= 4 is 27.5 Å². The van der Waals surface area contributed by atoms with Crippen molar-refractivity contribution in [2.45, 2.75) is 41.6 Å². The molecule has 7 rings (SSSR count). The molecule has 0 saturated carbocycles. The summed E-state index contributed by atoms with van der Waals surface area (Å²) in [6.07, 6.45) is -0.776. The van der Waals surface area contributed by atoms with Gasteiger partial charge in [-0.25, -0.2) is 13.4 Å². The van der Waals surface area contributed by atoms with Crippen molar-refractivity contribution in [2.75, 3.05) is 10.5 Å². The Morgan fingerprint density at radius 3 is 2.12 bits per heavy atom. The van der Waals surface area contributed by atoms with E-state index in [9.17, 15) is 13.5 Å². The second-order valence-corrected chi connectivity index (χ2v) is 14.2. The summed E-state index contributed by atoms with van der Waals surface area (Å²) in [7, 11) is -3.79. The smallest absolute Gasteiger partial charge is 0.261 e. The van der Waals surface area contributed by atoms with E-state index in [1.807, 2.05) is 91.0 Å². The molecule has 0 bridgehead atoms. The van der Waals surface area contributed by atoms with Gasteiger partial charge in [-0.15, -0.1) is 0 Å². The first-order chi connectivity index (χ1) is 23.9. The fourth-order valence-corrected chi connectivity index (χ4v) is 7.60. The maximum Gasteiger partial charge on any atom is 0.261 e. The molecule has 49 heavy (non-hydrogen) atoms. The van der Waals surface area contributed by atoms with E-state index >= 15 is 0 Å². The van der Waals surface area contributed by atoms with Gasteiger partial charge >= 0.3 is 0 Å². The van der Waals surface area contributed by atoms with E-state index in [0.29, 0.717) is 34.4 Å². The zero-order chi connectivity index (χ0) is 33.6. The van der Waals surface area contributed by atoms with Gasteiger partial charge in [-0.05, 0) is 35.4 Å². The summed E-state index contributed by atoms with van der Waals surface area (Å²) in [5, 5.41) is 10.1. The van der Waals surface area contributed by atoms with Crippen LogP contribution in [0.5, 0.6) is 0 Å². The van der Waals surface area contributed by atoms with Crippen molar-refractivity contribution in [3.8, 4) is 22.6 Å². The average Bonchev–Trinajstić information content (AvgIpc) is 3.59. The number of sulfonamides is 1. The van der Waals surface area contributed by atoms with Crippen molar-refractivity contribution in [2.24, 2.45) is 0 Å². The molecule has 0 spiro atoms. The van der Waals surface area contributed by atoms with Gasteiger partial charge in [0, 0.05) is 34.6 Å². The summed E-state index contributed by atoms with van der Waals surface area (Å²) < 4.78 is 48.2. The molecule has 5 aromatic carbocycles. The highest BCUT2D eigenvalue weighted by Crippen LogP contribution is 2.41. The van der Waals surface area contributed by atoms with Gasteiger partial charge in [-0.1, -0.05) is 127 Å². The largest absolute Gasteiger partial charge is 0.431 e. The van der Waals surface area contributed by atoms with Crippen molar-refractivity contribution < 1.29 is 27.4 Å². The van der Waals surface area contributed by atoms with Crippen LogP contribution >= 0.6 is 11.8 Å². The molecular formula is C39H34N2O6S2. The minimum atomic E-state index is -3.79. The van der Waals surface area contributed by atoms with Crippen LogP contribution < -0.4 is 4.72 Å². The van der Waals surface area contributed by atoms with E-state index in [4.69, 9.17) is 18.9 Å². The lowest BCUT2D eigenvalue weighted by atomic mass is 10.0. The van der Waals surface area contributed by atoms with E-state index in [1.54, 1.807) is 48.5 Å². The van der Waals surface area contributed by atoms with Crippen LogP contribution in [-0.2, 0) is 26.1 Å². The molecule has 1 aromatic heterocycles. The van der Waals surface area contributed by atoms with Crippen LogP contribution in [0.1, 0.15) is 35.5 Å². The number of hydrogen-bond acceptors (Lipinski definition) is 8. The number of hydrogen-bond donors (Lipinski definition) is 2. The van der Waals surface area contributed by atoms with Gasteiger partial charge in [-0.2, -0.15) is 0 Å². The number of nitrogens with zero attached hydrogens (tertiary/aromatic N) is 1. The summed E-state index contributed by atoms with van der Waals surface area (Å²) in [6.45, 7) is -0.0471. The number of aliphatic hydroxyl groups excluding tert-OH is 1. The molecule has 0 radical (unpaired) electrons. The maximum atomic E-state index is 13.0. The first kappa shape index (κ1) is 32.8. The number of aliphatic hydroxyl groups is 1. The quantitative estimate of drug-likeness (QED) is 0.130. The van der Waals surface area contributed by atoms with E-state index in [1.165, 1.54) is 11.8 Å². The third-order valence-electron chi connectivity index (χ3n) is 8.16. The van der Waals surface area contributed by atoms with Gasteiger partial charge < -0.3 is 19.0 Å². The van der Waals surface area contributed by atoms with Gasteiger partial charge in [0.05, 0.1) is 23.7 Å². The highest BCUT2D eigenvalue weighted by molar-refractivity contribution is 7.99. The number of benzene rings is 5. The first-order valence-corrected chi connectivity index (χ1v) is 18.3. The number of anilines is 1. The molecule has 248 valence electrons. The van der Waals surface area contributed by atoms with E-state index in [-0.39, 0.29) is 23.7 Å². The topological polar surface area (TPSA) is 111 Å². The van der Waals surface area contributed by atoms with Crippen LogP contribution in [0.15, 0.2) is 154 Å². The first-order valence-electron chi connectivity index (χ1n) is 15.9. The molecule has 1 aliphatic rings. The molecule has 0 unspecified atom stereocenters. The van der Waals surface area contributed by atoms with E-state index < -0.39 is 16.3 Å². The van der Waals surface area contributed by atoms with Crippen LogP contribution in [0.3, 0.4) is 0 Å². The van der Waals surface area contributed by atoms with Crippen LogP contribution in [0.4, 0.5) is 5.69 Å². The molecule has 6 aromatic rings. The Labute approximate surface area is 289 Å². The SMILES string of the molecule is O=S(=O)(Nc1cccc([C@@H]2O[C@H](CSc3nc(-c4ccccc4)c(-c4ccccc4)o3)C[C@H](c3ccc(CO)cc3)O2)c1)c1ccccc1. The second kappa shape index (κ2) is 14.8. The normalized spacial score (nSPS) is 17.9. The number of thioether (sulfide) groups is 1. The predicted octanol–water partition coefficient (Wildman–Crippen LogP) is 8.64. The summed E-state index contributed by atoms with van der Waals surface area (Å²) >= 11 is 1.48. The van der Waals surface area contributed by atoms with Crippen molar-refractivity contribution in [3.05, 3.63) is 156 Å². The van der Waals surface area contributed by atoms with Crippen molar-refractivity contribution in [3.63, 3.8) is 0 Å². The molecular weight excluding hydrogens is 657 g/mol. The third kappa shape index (κ3) is 7.80. The zero-order valence-electron chi connectivity index (χ0n) is 26.4. The monoisotopic (exact) mass is 690 g/mol. The molecule has 10 heteroatoms. The molecule has 3 atom stereocenters. The molecule has 2 N–H and O–H groups in total. The Hall–Kier alpha value is -4.71. The molecule has 8 nitrogen and oxygen atoms in total. The molecule has 1 saturated heterocycles. The third-order valence-corrected chi connectivity index (χ3v) is 10.5. The van der Waals surface area contributed by atoms with Crippen LogP contribution in [0.2, 0.25) is 0 Å². The standard InChI is InChI=1S/C39H34N2O6S2/c42-25-27-19-21-28(22-20-27)35-24-33(26-48-39-40-36(29-11-4-1-5-12-29)37(47-39)30-13-6-2-7-14-30)45-38(46-35)31-15-10-16-32(23-31)41-49(43,44)34-17-8-3-9-18-34/h1-23,33,35,38,41-42H,24-26H2/t33-,35+,38+/m0/s1. The summed E-state index contributed by atoms with van der Waals surface area (Å²) in [4.78, 5) is 5.08. The fourth-order valence-electron chi connectivity index (χ4n) is 5.69. The fraction of sp³-hybridized carbons (Fsp3) is 0.154. The van der Waals surface area contributed by atoms with Crippen molar-refractivity contribution in [1.82, 2.24) is 4.98 Å². The minimum absolute atomic E-state index is 0.0471. The maximum absolute atomic E-state index is 13.0. The Morgan fingerprint density at radius 1 is 0.755 bits per heavy atom. The number of oxazole rings is 1. The van der Waals surface area contributed by atoms with Gasteiger partial charge in [-0.3, -0.25) is 4.72 Å². The lowest BCUT2D eigenvalue weighted by molar-refractivity contribution is -0.245. The minimum Gasteiger partial charge on any atom is -0.431 e. The Morgan fingerprint density at radius 2 is 1.43 bits per heavy atom. The van der Waals surface area contributed by atoms with Crippen LogP contribution in [-0.4, -0.2) is 30.4 Å². The Bertz CT molecular complexity index is 2030. The highest BCUT2D eigenvalue weighted by Gasteiger charge is 2.33. The molecule has 1 aliphatic heterocycles. The van der Waals surface area contributed by atoms with Gasteiger partial charge in [0.15, 0.2) is 12.1 Å². The molecule has 2 heterocycles. The summed E-state index contributed by atoms with van der Waals surface area (Å²) in [5.74, 6) is 1.24. The van der Waals surface area contributed by atoms with E-state index in [0.717, 1.165) is 27.9 Å². The number of rotatable bonds is 11. The van der Waals surface area contributed by atoms with E-state index in [2.05, 4.69) is 4.72 Å². The second-order valence-electron chi connectivity index (χ2n) is 11.6.